The lowest BCUT2D eigenvalue weighted by Crippen LogP contribution is -2.41. The van der Waals surface area contributed by atoms with Gasteiger partial charge < -0.3 is 14.2 Å². The Kier molecular flexibility index (Phi) is 4.51. The number of aromatic nitrogens is 1. The first-order valence-electron chi connectivity index (χ1n) is 7.32. The van der Waals surface area contributed by atoms with Crippen molar-refractivity contribution < 1.29 is 23.3 Å². The quantitative estimate of drug-likeness (QED) is 0.511. The molecule has 0 unspecified atom stereocenters. The molecule has 0 radical (unpaired) electrons. The summed E-state index contributed by atoms with van der Waals surface area (Å²) < 4.78 is 10.9. The molecule has 3 aromatic rings. The molecule has 0 atom stereocenters. The van der Waals surface area contributed by atoms with Crippen molar-refractivity contribution in [1.29, 1.82) is 0 Å². The van der Waals surface area contributed by atoms with Gasteiger partial charge in [0.05, 0.1) is 23.2 Å². The van der Waals surface area contributed by atoms with E-state index in [0.29, 0.717) is 5.76 Å². The Balaban J connectivity index is 1.69. The van der Waals surface area contributed by atoms with Crippen molar-refractivity contribution >= 4 is 28.7 Å². The maximum Gasteiger partial charge on any atom is 0.420 e. The van der Waals surface area contributed by atoms with E-state index >= 15 is 0 Å². The van der Waals surface area contributed by atoms with Gasteiger partial charge in [-0.1, -0.05) is 0 Å². The third-order valence-electron chi connectivity index (χ3n) is 3.42. The first-order chi connectivity index (χ1) is 12.4. The zero-order valence-electron chi connectivity index (χ0n) is 13.1. The number of fused-ring (bicyclic) bond motifs is 1. The minimum Gasteiger partial charge on any atom is -0.467 e. The Bertz CT molecular complexity index is 1030. The summed E-state index contributed by atoms with van der Waals surface area (Å²) in [5.74, 6) is -1.16. The van der Waals surface area contributed by atoms with Crippen molar-refractivity contribution in [2.45, 2.75) is 13.1 Å². The van der Waals surface area contributed by atoms with Crippen molar-refractivity contribution in [3.05, 3.63) is 63.0 Å². The van der Waals surface area contributed by atoms with E-state index < -0.39 is 29.2 Å². The summed E-state index contributed by atoms with van der Waals surface area (Å²) in [6.45, 7) is -0.464. The number of nitro groups is 1. The van der Waals surface area contributed by atoms with Crippen LogP contribution in [0.3, 0.4) is 0 Å². The monoisotopic (exact) mass is 360 g/mol. The van der Waals surface area contributed by atoms with Gasteiger partial charge in [-0.25, -0.2) is 9.59 Å². The third kappa shape index (κ3) is 3.61. The van der Waals surface area contributed by atoms with Gasteiger partial charge in [0.15, 0.2) is 5.58 Å². The number of amides is 3. The Morgan fingerprint density at radius 2 is 2.08 bits per heavy atom. The van der Waals surface area contributed by atoms with Crippen LogP contribution in [0.25, 0.3) is 11.1 Å². The molecule has 3 rings (SSSR count). The van der Waals surface area contributed by atoms with Gasteiger partial charge in [0.2, 0.25) is 5.91 Å². The maximum atomic E-state index is 12.0. The largest absolute Gasteiger partial charge is 0.467 e. The van der Waals surface area contributed by atoms with Crippen molar-refractivity contribution in [2.75, 3.05) is 0 Å². The van der Waals surface area contributed by atoms with Crippen LogP contribution in [0.4, 0.5) is 10.5 Å². The molecule has 1 aromatic carbocycles. The van der Waals surface area contributed by atoms with E-state index in [4.69, 9.17) is 8.83 Å². The third-order valence-corrected chi connectivity index (χ3v) is 3.42. The first kappa shape index (κ1) is 17.0. The second-order valence-corrected chi connectivity index (χ2v) is 5.17. The number of imide groups is 1. The number of nitrogens with zero attached hydrogens (tertiary/aromatic N) is 2. The molecule has 0 aliphatic heterocycles. The molecule has 11 heteroatoms. The lowest BCUT2D eigenvalue weighted by atomic mass is 10.3. The van der Waals surface area contributed by atoms with Crippen molar-refractivity contribution in [1.82, 2.24) is 15.2 Å². The molecule has 0 bridgehead atoms. The highest BCUT2D eigenvalue weighted by atomic mass is 16.6. The first-order valence-corrected chi connectivity index (χ1v) is 7.32. The van der Waals surface area contributed by atoms with Crippen LogP contribution >= 0.6 is 0 Å². The van der Waals surface area contributed by atoms with Crippen LogP contribution in [0.1, 0.15) is 5.76 Å². The molecule has 0 aliphatic rings. The van der Waals surface area contributed by atoms with Crippen LogP contribution in [-0.2, 0) is 17.9 Å². The number of hydrogen-bond acceptors (Lipinski definition) is 7. The zero-order valence-corrected chi connectivity index (χ0v) is 13.1. The number of carbonyl (C=O) groups excluding carboxylic acids is 2. The van der Waals surface area contributed by atoms with E-state index in [-0.39, 0.29) is 23.3 Å². The van der Waals surface area contributed by atoms with Crippen molar-refractivity contribution in [3.63, 3.8) is 0 Å². The number of furan rings is 1. The Morgan fingerprint density at radius 3 is 2.77 bits per heavy atom. The average Bonchev–Trinajstić information content (AvgIpc) is 3.21. The number of non-ortho nitro benzene ring substituents is 1. The summed E-state index contributed by atoms with van der Waals surface area (Å²) in [5.41, 5.74) is -0.0883. The number of urea groups is 1. The van der Waals surface area contributed by atoms with Crippen molar-refractivity contribution in [3.8, 4) is 0 Å². The van der Waals surface area contributed by atoms with Gasteiger partial charge in [-0.05, 0) is 18.2 Å². The molecule has 11 nitrogen and oxygen atoms in total. The van der Waals surface area contributed by atoms with Gasteiger partial charge in [-0.15, -0.1) is 0 Å². The topological polar surface area (TPSA) is 150 Å². The van der Waals surface area contributed by atoms with Crippen LogP contribution in [0, 0.1) is 10.1 Å². The van der Waals surface area contributed by atoms with Crippen LogP contribution in [0.5, 0.6) is 0 Å². The molecular formula is C15H12N4O7. The van der Waals surface area contributed by atoms with E-state index in [0.717, 1.165) is 10.6 Å². The van der Waals surface area contributed by atoms with E-state index in [9.17, 15) is 24.5 Å². The van der Waals surface area contributed by atoms with Crippen LogP contribution < -0.4 is 16.4 Å². The molecule has 26 heavy (non-hydrogen) atoms. The molecule has 2 N–H and O–H groups in total. The summed E-state index contributed by atoms with van der Waals surface area (Å²) in [6, 6.07) is 6.07. The molecule has 134 valence electrons. The summed E-state index contributed by atoms with van der Waals surface area (Å²) in [4.78, 5) is 45.7. The van der Waals surface area contributed by atoms with Gasteiger partial charge in [-0.3, -0.25) is 24.8 Å². The molecule has 2 heterocycles. The van der Waals surface area contributed by atoms with E-state index in [1.807, 2.05) is 5.32 Å². The fraction of sp³-hybridized carbons (Fsp3) is 0.133. The summed E-state index contributed by atoms with van der Waals surface area (Å²) in [7, 11) is 0. The summed E-state index contributed by atoms with van der Waals surface area (Å²) in [6.07, 6.45) is 1.44. The maximum absolute atomic E-state index is 12.0. The highest BCUT2D eigenvalue weighted by Crippen LogP contribution is 2.19. The highest BCUT2D eigenvalue weighted by Gasteiger charge is 2.17. The molecule has 0 spiro atoms. The van der Waals surface area contributed by atoms with Gasteiger partial charge in [-0.2, -0.15) is 0 Å². The normalized spacial score (nSPS) is 10.6. The molecule has 0 aliphatic carbocycles. The number of carbonyl (C=O) groups is 2. The van der Waals surface area contributed by atoms with Crippen LogP contribution in [-0.4, -0.2) is 21.4 Å². The zero-order chi connectivity index (χ0) is 18.7. The fourth-order valence-electron chi connectivity index (χ4n) is 2.25. The van der Waals surface area contributed by atoms with Gasteiger partial charge in [0.25, 0.3) is 5.69 Å². The SMILES string of the molecule is O=C(Cn1c(=O)oc2ccc([N+](=O)[O-])cc21)NC(=O)NCc1ccco1. The lowest BCUT2D eigenvalue weighted by molar-refractivity contribution is -0.384. The standard InChI is InChI=1S/C15H12N4O7/c20-13(17-14(21)16-7-10-2-1-5-25-10)8-18-11-6-9(19(23)24)3-4-12(11)26-15(18)22/h1-6H,7-8H2,(H2,16,17,20,21). The predicted octanol–water partition coefficient (Wildman–Crippen LogP) is 1.12. The molecule has 0 saturated heterocycles. The van der Waals surface area contributed by atoms with Gasteiger partial charge >= 0.3 is 11.8 Å². The Morgan fingerprint density at radius 1 is 1.27 bits per heavy atom. The second kappa shape index (κ2) is 6.93. The fourth-order valence-corrected chi connectivity index (χ4v) is 2.25. The highest BCUT2D eigenvalue weighted by molar-refractivity contribution is 5.94. The number of benzene rings is 1. The molecule has 0 fully saturated rings. The Labute approximate surface area is 144 Å². The van der Waals surface area contributed by atoms with E-state index in [2.05, 4.69) is 5.32 Å². The lowest BCUT2D eigenvalue weighted by Gasteiger charge is -2.06. The molecular weight excluding hydrogens is 348 g/mol. The average molecular weight is 360 g/mol. The molecule has 2 aromatic heterocycles. The minimum absolute atomic E-state index is 0.0763. The number of hydrogen-bond donors (Lipinski definition) is 2. The minimum atomic E-state index is -0.869. The van der Waals surface area contributed by atoms with Crippen molar-refractivity contribution in [2.24, 2.45) is 0 Å². The smallest absolute Gasteiger partial charge is 0.420 e. The Hall–Kier alpha value is -3.89. The van der Waals surface area contributed by atoms with Crippen LogP contribution in [0.15, 0.2) is 50.2 Å². The summed E-state index contributed by atoms with van der Waals surface area (Å²) >= 11 is 0. The molecule has 3 amide bonds. The predicted molar refractivity (Wildman–Crippen MR) is 86.2 cm³/mol. The van der Waals surface area contributed by atoms with E-state index in [1.54, 1.807) is 12.1 Å². The van der Waals surface area contributed by atoms with Gasteiger partial charge in [0.1, 0.15) is 12.3 Å². The number of oxazole rings is 1. The van der Waals surface area contributed by atoms with E-state index in [1.165, 1.54) is 18.4 Å². The van der Waals surface area contributed by atoms with Gasteiger partial charge in [0, 0.05) is 12.1 Å². The summed E-state index contributed by atoms with van der Waals surface area (Å²) in [5, 5.41) is 15.3. The molecule has 0 saturated carbocycles. The number of nitrogens with one attached hydrogen (secondary N) is 2. The van der Waals surface area contributed by atoms with Crippen LogP contribution in [0.2, 0.25) is 0 Å². The second-order valence-electron chi connectivity index (χ2n) is 5.17. The number of nitro benzene ring substituents is 1. The number of rotatable bonds is 5.